The van der Waals surface area contributed by atoms with E-state index in [1.165, 1.54) is 25.7 Å². The molecule has 0 aromatic carbocycles. The van der Waals surface area contributed by atoms with Crippen LogP contribution in [-0.2, 0) is 0 Å². The summed E-state index contributed by atoms with van der Waals surface area (Å²) in [5, 5.41) is 9.30. The maximum Gasteiger partial charge on any atom is 0.0540 e. The molecule has 0 unspecified atom stereocenters. The maximum atomic E-state index is 9.30. The molecule has 0 aromatic heterocycles. The Balaban J connectivity index is 2.09. The fraction of sp³-hybridized carbons (Fsp3) is 1.00. The third-order valence-electron chi connectivity index (χ3n) is 2.97. The van der Waals surface area contributed by atoms with Crippen LogP contribution in [0.3, 0.4) is 0 Å². The molecule has 1 fully saturated rings. The quantitative estimate of drug-likeness (QED) is 0.690. The second-order valence-electron chi connectivity index (χ2n) is 4.65. The summed E-state index contributed by atoms with van der Waals surface area (Å²) in [6.45, 7) is 4.58. The Bertz CT molecular complexity index is 112. The molecule has 72 valence electrons. The number of aliphatic hydroxyl groups is 1. The molecule has 1 nitrogen and oxygen atoms in total. The Hall–Kier alpha value is -0.0400. The van der Waals surface area contributed by atoms with Crippen molar-refractivity contribution in [2.75, 3.05) is 0 Å². The lowest BCUT2D eigenvalue weighted by atomic mass is 9.83. The molecule has 12 heavy (non-hydrogen) atoms. The number of hydrogen-bond acceptors (Lipinski definition) is 1. The smallest absolute Gasteiger partial charge is 0.0540 e. The van der Waals surface area contributed by atoms with Crippen molar-refractivity contribution in [3.05, 3.63) is 0 Å². The van der Waals surface area contributed by atoms with Crippen LogP contribution in [0.1, 0.15) is 52.4 Å². The number of aliphatic hydroxyl groups excluding tert-OH is 1. The van der Waals surface area contributed by atoms with E-state index in [4.69, 9.17) is 0 Å². The molecule has 0 heterocycles. The van der Waals surface area contributed by atoms with Crippen molar-refractivity contribution < 1.29 is 5.11 Å². The van der Waals surface area contributed by atoms with Gasteiger partial charge in [0.1, 0.15) is 0 Å². The topological polar surface area (TPSA) is 20.2 Å². The van der Waals surface area contributed by atoms with E-state index in [0.717, 1.165) is 24.7 Å². The molecule has 1 heteroatoms. The predicted octanol–water partition coefficient (Wildman–Crippen LogP) is 2.97. The molecule has 1 aliphatic carbocycles. The van der Waals surface area contributed by atoms with Gasteiger partial charge in [-0.1, -0.05) is 26.7 Å². The molecule has 0 saturated heterocycles. The van der Waals surface area contributed by atoms with Gasteiger partial charge >= 0.3 is 0 Å². The average Bonchev–Trinajstić information content (AvgIpc) is 2.03. The fourth-order valence-corrected chi connectivity index (χ4v) is 2.00. The third kappa shape index (κ3) is 3.57. The zero-order valence-corrected chi connectivity index (χ0v) is 8.42. The highest BCUT2D eigenvalue weighted by atomic mass is 16.3. The van der Waals surface area contributed by atoms with Crippen LogP contribution < -0.4 is 0 Å². The van der Waals surface area contributed by atoms with Crippen LogP contribution in [0.25, 0.3) is 0 Å². The molecule has 1 N–H and O–H groups in total. The summed E-state index contributed by atoms with van der Waals surface area (Å²) in [6.07, 6.45) is 7.36. The summed E-state index contributed by atoms with van der Waals surface area (Å²) < 4.78 is 0. The van der Waals surface area contributed by atoms with Crippen molar-refractivity contribution in [2.24, 2.45) is 11.8 Å². The van der Waals surface area contributed by atoms with Crippen molar-refractivity contribution in [2.45, 2.75) is 58.5 Å². The summed E-state index contributed by atoms with van der Waals surface area (Å²) in [7, 11) is 0. The minimum Gasteiger partial charge on any atom is -0.393 e. The first-order valence-corrected chi connectivity index (χ1v) is 5.36. The third-order valence-corrected chi connectivity index (χ3v) is 2.97. The number of rotatable bonds is 3. The lowest BCUT2D eigenvalue weighted by Crippen LogP contribution is -2.18. The first-order chi connectivity index (χ1) is 5.68. The molecule has 0 atom stereocenters. The van der Waals surface area contributed by atoms with E-state index in [0.29, 0.717) is 0 Å². The molecule has 1 saturated carbocycles. The van der Waals surface area contributed by atoms with Gasteiger partial charge in [0.25, 0.3) is 0 Å². The molecule has 0 amide bonds. The molecule has 1 aliphatic rings. The zero-order valence-electron chi connectivity index (χ0n) is 8.42. The van der Waals surface area contributed by atoms with Crippen molar-refractivity contribution >= 4 is 0 Å². The first kappa shape index (κ1) is 10.0. The molecule has 1 rings (SSSR count). The van der Waals surface area contributed by atoms with Gasteiger partial charge in [-0.25, -0.2) is 0 Å². The van der Waals surface area contributed by atoms with Crippen molar-refractivity contribution in [3.8, 4) is 0 Å². The SMILES string of the molecule is CC(C)CC[C@H]1CC[C@H](O)CC1. The van der Waals surface area contributed by atoms with Gasteiger partial charge in [-0.15, -0.1) is 0 Å². The Labute approximate surface area is 76.2 Å². The summed E-state index contributed by atoms with van der Waals surface area (Å²) in [5.74, 6) is 1.76. The second-order valence-corrected chi connectivity index (χ2v) is 4.65. The van der Waals surface area contributed by atoms with Crippen LogP contribution in [-0.4, -0.2) is 11.2 Å². The lowest BCUT2D eigenvalue weighted by molar-refractivity contribution is 0.105. The predicted molar refractivity (Wildman–Crippen MR) is 52.0 cm³/mol. The first-order valence-electron chi connectivity index (χ1n) is 5.36. The van der Waals surface area contributed by atoms with Gasteiger partial charge in [0.05, 0.1) is 6.10 Å². The monoisotopic (exact) mass is 170 g/mol. The minimum absolute atomic E-state index is 0.0142. The van der Waals surface area contributed by atoms with E-state index in [1.54, 1.807) is 0 Å². The Morgan fingerprint density at radius 3 is 2.25 bits per heavy atom. The molecule has 0 aromatic rings. The summed E-state index contributed by atoms with van der Waals surface area (Å²) in [5.41, 5.74) is 0. The summed E-state index contributed by atoms with van der Waals surface area (Å²) >= 11 is 0. The summed E-state index contributed by atoms with van der Waals surface area (Å²) in [6, 6.07) is 0. The van der Waals surface area contributed by atoms with E-state index in [-0.39, 0.29) is 6.10 Å². The molecule has 0 spiro atoms. The number of hydrogen-bond donors (Lipinski definition) is 1. The maximum absolute atomic E-state index is 9.30. The van der Waals surface area contributed by atoms with Crippen LogP contribution in [0.5, 0.6) is 0 Å². The van der Waals surface area contributed by atoms with Gasteiger partial charge in [0, 0.05) is 0 Å². The van der Waals surface area contributed by atoms with Gasteiger partial charge in [-0.3, -0.25) is 0 Å². The van der Waals surface area contributed by atoms with Gasteiger partial charge in [-0.2, -0.15) is 0 Å². The Kier molecular flexibility index (Phi) is 4.07. The van der Waals surface area contributed by atoms with E-state index < -0.39 is 0 Å². The lowest BCUT2D eigenvalue weighted by Gasteiger charge is -2.25. The van der Waals surface area contributed by atoms with Crippen LogP contribution in [0.4, 0.5) is 0 Å². The normalized spacial score (nSPS) is 31.0. The van der Waals surface area contributed by atoms with Crippen molar-refractivity contribution in [1.29, 1.82) is 0 Å². The standard InChI is InChI=1S/C11H22O/c1-9(2)3-4-10-5-7-11(12)8-6-10/h9-12H,3-8H2,1-2H3/t10-,11-. The van der Waals surface area contributed by atoms with Crippen molar-refractivity contribution in [3.63, 3.8) is 0 Å². The fourth-order valence-electron chi connectivity index (χ4n) is 2.00. The van der Waals surface area contributed by atoms with Crippen LogP contribution in [0, 0.1) is 11.8 Å². The highest BCUT2D eigenvalue weighted by Crippen LogP contribution is 2.28. The van der Waals surface area contributed by atoms with E-state index >= 15 is 0 Å². The minimum atomic E-state index is 0.0142. The Morgan fingerprint density at radius 1 is 1.17 bits per heavy atom. The molecule has 0 bridgehead atoms. The van der Waals surface area contributed by atoms with E-state index in [9.17, 15) is 5.11 Å². The summed E-state index contributed by atoms with van der Waals surface area (Å²) in [4.78, 5) is 0. The highest BCUT2D eigenvalue weighted by Gasteiger charge is 2.18. The van der Waals surface area contributed by atoms with Crippen LogP contribution in [0.15, 0.2) is 0 Å². The van der Waals surface area contributed by atoms with Gasteiger partial charge in [0.15, 0.2) is 0 Å². The molecular formula is C11H22O. The second kappa shape index (κ2) is 4.86. The molecule has 0 aliphatic heterocycles. The average molecular weight is 170 g/mol. The molecular weight excluding hydrogens is 148 g/mol. The van der Waals surface area contributed by atoms with Crippen molar-refractivity contribution in [1.82, 2.24) is 0 Å². The van der Waals surface area contributed by atoms with Gasteiger partial charge in [-0.05, 0) is 37.5 Å². The van der Waals surface area contributed by atoms with Crippen LogP contribution >= 0.6 is 0 Å². The van der Waals surface area contributed by atoms with Gasteiger partial charge < -0.3 is 5.11 Å². The molecule has 0 radical (unpaired) electrons. The van der Waals surface area contributed by atoms with E-state index in [1.807, 2.05) is 0 Å². The highest BCUT2D eigenvalue weighted by molar-refractivity contribution is 4.71. The van der Waals surface area contributed by atoms with Crippen LogP contribution in [0.2, 0.25) is 0 Å². The van der Waals surface area contributed by atoms with E-state index in [2.05, 4.69) is 13.8 Å². The zero-order chi connectivity index (χ0) is 8.97. The Morgan fingerprint density at radius 2 is 1.75 bits per heavy atom. The largest absolute Gasteiger partial charge is 0.393 e. The van der Waals surface area contributed by atoms with Gasteiger partial charge in [0.2, 0.25) is 0 Å².